The number of hydrogen-bond acceptors (Lipinski definition) is 4. The Balaban J connectivity index is 1.92. The smallest absolute Gasteiger partial charge is 0.212 e. The maximum absolute atomic E-state index is 12.3. The Labute approximate surface area is 132 Å². The summed E-state index contributed by atoms with van der Waals surface area (Å²) >= 11 is 0. The molecule has 0 aromatic heterocycles. The van der Waals surface area contributed by atoms with Crippen molar-refractivity contribution >= 4 is 20.0 Å². The zero-order valence-electron chi connectivity index (χ0n) is 12.4. The highest BCUT2D eigenvalue weighted by Crippen LogP contribution is 2.13. The fraction of sp³-hybridized carbons (Fsp3) is 0.571. The van der Waals surface area contributed by atoms with Crippen molar-refractivity contribution in [3.05, 3.63) is 30.3 Å². The molecule has 0 spiro atoms. The molecule has 1 aliphatic rings. The van der Waals surface area contributed by atoms with Crippen molar-refractivity contribution in [3.8, 4) is 0 Å². The number of sulfonamides is 2. The molecule has 0 radical (unpaired) electrons. The Morgan fingerprint density at radius 3 is 2.09 bits per heavy atom. The van der Waals surface area contributed by atoms with E-state index in [2.05, 4.69) is 4.72 Å². The second kappa shape index (κ2) is 7.54. The van der Waals surface area contributed by atoms with Crippen molar-refractivity contribution in [2.75, 3.05) is 25.4 Å². The molecule has 0 aliphatic carbocycles. The standard InChI is InChI=1S/C14H22N2O4S2/c17-21(18,16-11-6-1-2-7-12-16)13-10-15-22(19,20)14-8-4-3-5-9-14/h3-5,8-9,15H,1-2,6-7,10-13H2. The summed E-state index contributed by atoms with van der Waals surface area (Å²) < 4.78 is 52.4. The van der Waals surface area contributed by atoms with Gasteiger partial charge in [0, 0.05) is 19.6 Å². The van der Waals surface area contributed by atoms with Crippen molar-refractivity contribution in [2.45, 2.75) is 30.6 Å². The molecule has 1 aliphatic heterocycles. The molecule has 22 heavy (non-hydrogen) atoms. The summed E-state index contributed by atoms with van der Waals surface area (Å²) in [5, 5.41) is 0. The molecule has 1 saturated heterocycles. The van der Waals surface area contributed by atoms with Gasteiger partial charge in [0.15, 0.2) is 0 Å². The molecule has 1 fully saturated rings. The molecule has 0 amide bonds. The normalized spacial score (nSPS) is 18.0. The number of hydrogen-bond donors (Lipinski definition) is 1. The molecule has 2 rings (SSSR count). The lowest BCUT2D eigenvalue weighted by Crippen LogP contribution is -2.38. The monoisotopic (exact) mass is 346 g/mol. The van der Waals surface area contributed by atoms with Crippen LogP contribution in [-0.2, 0) is 20.0 Å². The Morgan fingerprint density at radius 1 is 0.909 bits per heavy atom. The summed E-state index contributed by atoms with van der Waals surface area (Å²) in [5.41, 5.74) is 0. The maximum Gasteiger partial charge on any atom is 0.240 e. The zero-order chi connectivity index (χ0) is 16.1. The van der Waals surface area contributed by atoms with Crippen LogP contribution in [0.1, 0.15) is 25.7 Å². The van der Waals surface area contributed by atoms with Crippen molar-refractivity contribution in [3.63, 3.8) is 0 Å². The molecule has 0 atom stereocenters. The first-order valence-electron chi connectivity index (χ1n) is 7.44. The van der Waals surface area contributed by atoms with Gasteiger partial charge in [-0.3, -0.25) is 0 Å². The molecule has 0 unspecified atom stereocenters. The van der Waals surface area contributed by atoms with Gasteiger partial charge in [-0.25, -0.2) is 25.9 Å². The first-order valence-corrected chi connectivity index (χ1v) is 10.5. The lowest BCUT2D eigenvalue weighted by Gasteiger charge is -2.19. The number of nitrogens with one attached hydrogen (secondary N) is 1. The predicted octanol–water partition coefficient (Wildman–Crippen LogP) is 1.17. The summed E-state index contributed by atoms with van der Waals surface area (Å²) in [5.74, 6) is -0.209. The van der Waals surface area contributed by atoms with E-state index in [4.69, 9.17) is 0 Å². The van der Waals surface area contributed by atoms with E-state index in [9.17, 15) is 16.8 Å². The molecule has 0 saturated carbocycles. The predicted molar refractivity (Wildman–Crippen MR) is 85.5 cm³/mol. The molecule has 1 N–H and O–H groups in total. The van der Waals surface area contributed by atoms with Crippen molar-refractivity contribution in [1.82, 2.24) is 9.03 Å². The minimum atomic E-state index is -3.65. The topological polar surface area (TPSA) is 83.5 Å². The fourth-order valence-electron chi connectivity index (χ4n) is 2.44. The van der Waals surface area contributed by atoms with Crippen LogP contribution in [0.5, 0.6) is 0 Å². The Bertz CT molecular complexity index is 664. The van der Waals surface area contributed by atoms with Gasteiger partial charge in [0.1, 0.15) is 0 Å². The van der Waals surface area contributed by atoms with E-state index >= 15 is 0 Å². The van der Waals surface area contributed by atoms with Gasteiger partial charge in [0.05, 0.1) is 10.6 Å². The summed E-state index contributed by atoms with van der Waals surface area (Å²) in [7, 11) is -7.06. The molecule has 1 aromatic carbocycles. The van der Waals surface area contributed by atoms with Gasteiger partial charge in [0.25, 0.3) is 0 Å². The molecular weight excluding hydrogens is 324 g/mol. The lowest BCUT2D eigenvalue weighted by molar-refractivity contribution is 0.423. The second-order valence-electron chi connectivity index (χ2n) is 5.34. The van der Waals surface area contributed by atoms with Gasteiger partial charge in [-0.2, -0.15) is 0 Å². The van der Waals surface area contributed by atoms with Crippen molar-refractivity contribution in [2.24, 2.45) is 0 Å². The first-order chi connectivity index (χ1) is 10.4. The van der Waals surface area contributed by atoms with E-state index in [-0.39, 0.29) is 17.2 Å². The minimum Gasteiger partial charge on any atom is -0.212 e. The highest BCUT2D eigenvalue weighted by Gasteiger charge is 2.23. The van der Waals surface area contributed by atoms with E-state index in [0.29, 0.717) is 13.1 Å². The van der Waals surface area contributed by atoms with Crippen LogP contribution in [0, 0.1) is 0 Å². The van der Waals surface area contributed by atoms with E-state index < -0.39 is 20.0 Å². The third-order valence-electron chi connectivity index (χ3n) is 3.66. The van der Waals surface area contributed by atoms with Crippen LogP contribution in [0.2, 0.25) is 0 Å². The average Bonchev–Trinajstić information content (AvgIpc) is 2.77. The van der Waals surface area contributed by atoms with Gasteiger partial charge in [0.2, 0.25) is 20.0 Å². The number of nitrogens with zero attached hydrogens (tertiary/aromatic N) is 1. The van der Waals surface area contributed by atoms with Crippen LogP contribution >= 0.6 is 0 Å². The molecule has 1 heterocycles. The zero-order valence-corrected chi connectivity index (χ0v) is 14.1. The average molecular weight is 346 g/mol. The van der Waals surface area contributed by atoms with Crippen LogP contribution in [0.3, 0.4) is 0 Å². The molecule has 124 valence electrons. The summed E-state index contributed by atoms with van der Waals surface area (Å²) in [4.78, 5) is 0.141. The third-order valence-corrected chi connectivity index (χ3v) is 7.01. The number of rotatable bonds is 6. The van der Waals surface area contributed by atoms with E-state index in [0.717, 1.165) is 25.7 Å². The highest BCUT2D eigenvalue weighted by atomic mass is 32.2. The van der Waals surface area contributed by atoms with Crippen LogP contribution in [0.25, 0.3) is 0 Å². The van der Waals surface area contributed by atoms with Crippen molar-refractivity contribution < 1.29 is 16.8 Å². The van der Waals surface area contributed by atoms with Gasteiger partial charge in [-0.15, -0.1) is 0 Å². The molecule has 0 bridgehead atoms. The Kier molecular flexibility index (Phi) is 5.96. The highest BCUT2D eigenvalue weighted by molar-refractivity contribution is 7.90. The largest absolute Gasteiger partial charge is 0.240 e. The first kappa shape index (κ1) is 17.4. The molecular formula is C14H22N2O4S2. The molecule has 6 nitrogen and oxygen atoms in total. The van der Waals surface area contributed by atoms with E-state index in [1.54, 1.807) is 18.2 Å². The quantitative estimate of drug-likeness (QED) is 0.838. The van der Waals surface area contributed by atoms with Crippen LogP contribution < -0.4 is 4.72 Å². The van der Waals surface area contributed by atoms with E-state index in [1.807, 2.05) is 0 Å². The minimum absolute atomic E-state index is 0.115. The van der Waals surface area contributed by atoms with Crippen LogP contribution in [0.4, 0.5) is 0 Å². The Hall–Kier alpha value is -0.960. The van der Waals surface area contributed by atoms with Gasteiger partial charge in [-0.1, -0.05) is 31.0 Å². The fourth-order valence-corrected chi connectivity index (χ4v) is 5.05. The van der Waals surface area contributed by atoms with Crippen molar-refractivity contribution in [1.29, 1.82) is 0 Å². The molecule has 8 heteroatoms. The van der Waals surface area contributed by atoms with Gasteiger partial charge in [-0.05, 0) is 25.0 Å². The SMILES string of the molecule is O=S(=O)(NCCS(=O)(=O)N1CCCCCC1)c1ccccc1. The van der Waals surface area contributed by atoms with Crippen LogP contribution in [-0.4, -0.2) is 46.5 Å². The summed E-state index contributed by atoms with van der Waals surface area (Å²) in [6.45, 7) is 0.956. The van der Waals surface area contributed by atoms with E-state index in [1.165, 1.54) is 16.4 Å². The van der Waals surface area contributed by atoms with Crippen LogP contribution in [0.15, 0.2) is 35.2 Å². The Morgan fingerprint density at radius 2 is 1.50 bits per heavy atom. The van der Waals surface area contributed by atoms with Gasteiger partial charge >= 0.3 is 0 Å². The summed E-state index contributed by atoms with van der Waals surface area (Å²) in [6, 6.07) is 7.94. The maximum atomic E-state index is 12.3. The third kappa shape index (κ3) is 4.77. The second-order valence-corrected chi connectivity index (χ2v) is 9.20. The molecule has 1 aromatic rings. The van der Waals surface area contributed by atoms with Gasteiger partial charge < -0.3 is 0 Å². The number of benzene rings is 1. The summed E-state index contributed by atoms with van der Waals surface area (Å²) in [6.07, 6.45) is 3.84. The lowest BCUT2D eigenvalue weighted by atomic mass is 10.2.